The fourth-order valence-corrected chi connectivity index (χ4v) is 5.22. The van der Waals surface area contributed by atoms with Gasteiger partial charge in [-0.2, -0.15) is 21.6 Å². The summed E-state index contributed by atoms with van der Waals surface area (Å²) in [5, 5.41) is 3.22. The Morgan fingerprint density at radius 2 is 1.86 bits per heavy atom. The van der Waals surface area contributed by atoms with Gasteiger partial charge in [-0.25, -0.2) is 15.0 Å². The van der Waals surface area contributed by atoms with Crippen molar-refractivity contribution in [2.45, 2.75) is 31.6 Å². The van der Waals surface area contributed by atoms with E-state index in [0.29, 0.717) is 11.4 Å². The molecule has 5 N–H and O–H groups in total. The maximum atomic E-state index is 13.7. The monoisotopic (exact) mass is 617 g/mol. The van der Waals surface area contributed by atoms with Crippen molar-refractivity contribution in [1.29, 1.82) is 0 Å². The number of carbonyl (C=O) groups is 1. The zero-order chi connectivity index (χ0) is 31.1. The number of nitrogens with two attached hydrogens (primary N) is 1. The largest absolute Gasteiger partial charge is 0.516 e. The van der Waals surface area contributed by atoms with Crippen LogP contribution in [0.1, 0.15) is 23.0 Å². The molecule has 0 fully saturated rings. The van der Waals surface area contributed by atoms with E-state index >= 15 is 0 Å². The van der Waals surface area contributed by atoms with Crippen molar-refractivity contribution < 1.29 is 31.1 Å². The molecule has 0 aliphatic carbocycles. The number of methoxy groups -OCH3 is 1. The van der Waals surface area contributed by atoms with E-state index in [-0.39, 0.29) is 28.7 Å². The summed E-state index contributed by atoms with van der Waals surface area (Å²) in [7, 11) is -4.67. The Balaban J connectivity index is 1.53. The maximum Gasteiger partial charge on any atom is 0.516 e. The van der Waals surface area contributed by atoms with Crippen LogP contribution in [0, 0.1) is 6.92 Å². The Kier molecular flexibility index (Phi) is 7.51. The van der Waals surface area contributed by atoms with E-state index in [1.54, 1.807) is 34.8 Å². The molecule has 0 saturated heterocycles. The lowest BCUT2D eigenvalue weighted by molar-refractivity contribution is -0.0429. The van der Waals surface area contributed by atoms with Gasteiger partial charge >= 0.3 is 15.5 Å². The van der Waals surface area contributed by atoms with E-state index in [2.05, 4.69) is 25.7 Å². The molecule has 0 spiro atoms. The average molecular weight is 618 g/mol. The van der Waals surface area contributed by atoms with E-state index in [1.165, 1.54) is 17.2 Å². The average Bonchev–Trinajstić information content (AvgIpc) is 3.33. The number of halogens is 3. The molecule has 1 aliphatic rings. The number of nitrogens with zero attached hydrogens (tertiary/aromatic N) is 5. The number of anilines is 4. The number of ether oxygens (including phenoxy) is 1. The molecule has 0 radical (unpaired) electrons. The third-order valence-corrected chi connectivity index (χ3v) is 7.79. The molecule has 1 amide bonds. The highest BCUT2D eigenvalue weighted by atomic mass is 32.2. The summed E-state index contributed by atoms with van der Waals surface area (Å²) in [6.07, 6.45) is 3.48. The second-order valence-electron chi connectivity index (χ2n) is 9.55. The van der Waals surface area contributed by atoms with Gasteiger partial charge in [0.25, 0.3) is 5.91 Å². The van der Waals surface area contributed by atoms with Crippen molar-refractivity contribution in [1.82, 2.24) is 19.6 Å². The number of carbonyl (C=O) groups excluding carboxylic acids is 1. The van der Waals surface area contributed by atoms with Crippen LogP contribution in [0.2, 0.25) is 0 Å². The Morgan fingerprint density at radius 1 is 1.14 bits per heavy atom. The molecule has 4 aromatic rings. The fourth-order valence-electron chi connectivity index (χ4n) is 4.67. The molecule has 2 atom stereocenters. The van der Waals surface area contributed by atoms with Crippen molar-refractivity contribution in [3.8, 4) is 17.0 Å². The van der Waals surface area contributed by atoms with Crippen LogP contribution in [0.3, 0.4) is 0 Å². The molecular weight excluding hydrogens is 591 g/mol. The number of rotatable bonds is 8. The predicted molar refractivity (Wildman–Crippen MR) is 153 cm³/mol. The molecule has 1 aromatic carbocycles. The molecule has 17 heteroatoms. The molecule has 0 saturated carbocycles. The number of para-hydroxylation sites is 1. The summed E-state index contributed by atoms with van der Waals surface area (Å²) in [5.41, 5.74) is 5.44. The Bertz CT molecular complexity index is 1780. The molecule has 226 valence electrons. The number of aryl methyl sites for hydroxylation is 1. The lowest BCUT2D eigenvalue weighted by atomic mass is 10.1. The first-order valence-electron chi connectivity index (χ1n) is 12.7. The van der Waals surface area contributed by atoms with E-state index in [4.69, 9.17) is 10.5 Å². The Hall–Kier alpha value is -5.06. The molecule has 4 heterocycles. The summed E-state index contributed by atoms with van der Waals surface area (Å²) in [6.45, 7) is 3.62. The summed E-state index contributed by atoms with van der Waals surface area (Å²) in [6, 6.07) is 11.4. The van der Waals surface area contributed by atoms with Gasteiger partial charge in [0, 0.05) is 23.6 Å². The van der Waals surface area contributed by atoms with Crippen LogP contribution in [0.15, 0.2) is 61.2 Å². The summed E-state index contributed by atoms with van der Waals surface area (Å²) >= 11 is 0. The first kappa shape index (κ1) is 29.4. The van der Waals surface area contributed by atoms with E-state index in [1.807, 2.05) is 31.2 Å². The minimum Gasteiger partial charge on any atom is -0.480 e. The second-order valence-corrected chi connectivity index (χ2v) is 11.2. The van der Waals surface area contributed by atoms with Gasteiger partial charge in [-0.1, -0.05) is 18.2 Å². The molecule has 1 unspecified atom stereocenters. The van der Waals surface area contributed by atoms with E-state index < -0.39 is 39.3 Å². The van der Waals surface area contributed by atoms with Gasteiger partial charge in [0.05, 0.1) is 18.7 Å². The number of hydrogen-bond acceptors (Lipinski definition) is 10. The standard InChI is InChI=1S/C26H26F3N9O4S/c1-14-9-10-37-20(14)25(39)38(17-7-5-4-6-8-17)23(35-37)15(2)34-22-19(21(30)32-13-33-22)16-11-18(24(42-3)31-12-16)36-43(40,41)26(27,28)29/h4-13,15,23,35-36H,1-3H3,(H3,30,32,33,34)/t15-,23?/m0/s1. The van der Waals surface area contributed by atoms with Crippen molar-refractivity contribution in [2.75, 3.05) is 33.2 Å². The van der Waals surface area contributed by atoms with Crippen LogP contribution in [-0.2, 0) is 10.0 Å². The van der Waals surface area contributed by atoms with Crippen LogP contribution in [0.4, 0.5) is 36.2 Å². The molecule has 5 rings (SSSR count). The van der Waals surface area contributed by atoms with Gasteiger partial charge in [-0.3, -0.25) is 19.1 Å². The third-order valence-electron chi connectivity index (χ3n) is 6.69. The van der Waals surface area contributed by atoms with Crippen LogP contribution in [0.25, 0.3) is 11.1 Å². The van der Waals surface area contributed by atoms with E-state index in [9.17, 15) is 26.4 Å². The predicted octanol–water partition coefficient (Wildman–Crippen LogP) is 3.53. The number of aromatic nitrogens is 4. The lowest BCUT2D eigenvalue weighted by Crippen LogP contribution is -2.59. The number of nitrogen functional groups attached to an aromatic ring is 1. The molecule has 1 aliphatic heterocycles. The lowest BCUT2D eigenvalue weighted by Gasteiger charge is -2.41. The van der Waals surface area contributed by atoms with Gasteiger partial charge < -0.3 is 21.2 Å². The van der Waals surface area contributed by atoms with Gasteiger partial charge in [-0.15, -0.1) is 0 Å². The first-order chi connectivity index (χ1) is 20.3. The van der Waals surface area contributed by atoms with Crippen LogP contribution in [-0.4, -0.2) is 58.8 Å². The maximum absolute atomic E-state index is 13.7. The second kappa shape index (κ2) is 11.0. The number of amides is 1. The number of pyridine rings is 1. The third kappa shape index (κ3) is 5.45. The summed E-state index contributed by atoms with van der Waals surface area (Å²) in [5.74, 6) is -0.573. The molecule has 13 nitrogen and oxygen atoms in total. The molecule has 0 bridgehead atoms. The zero-order valence-corrected chi connectivity index (χ0v) is 23.7. The SMILES string of the molecule is COc1ncc(-c2c(N)ncnc2N[C@@H](C)C2Nn3ccc(C)c3C(=O)N2c2ccccc2)cc1NS(=O)(=O)C(F)(F)F. The highest BCUT2D eigenvalue weighted by molar-refractivity contribution is 7.93. The summed E-state index contributed by atoms with van der Waals surface area (Å²) in [4.78, 5) is 27.6. The van der Waals surface area contributed by atoms with Crippen molar-refractivity contribution in [3.63, 3.8) is 0 Å². The van der Waals surface area contributed by atoms with Crippen molar-refractivity contribution in [3.05, 3.63) is 72.4 Å². The van der Waals surface area contributed by atoms with E-state index in [0.717, 1.165) is 18.7 Å². The smallest absolute Gasteiger partial charge is 0.480 e. The number of hydrogen-bond donors (Lipinski definition) is 4. The quantitative estimate of drug-likeness (QED) is 0.229. The highest BCUT2D eigenvalue weighted by Gasteiger charge is 2.46. The van der Waals surface area contributed by atoms with Gasteiger partial charge in [0.2, 0.25) is 5.88 Å². The number of sulfonamides is 1. The Labute approximate surface area is 243 Å². The number of alkyl halides is 3. The highest BCUT2D eigenvalue weighted by Crippen LogP contribution is 2.37. The van der Waals surface area contributed by atoms with Gasteiger partial charge in [0.1, 0.15) is 35.5 Å². The van der Waals surface area contributed by atoms with Crippen LogP contribution in [0.5, 0.6) is 5.88 Å². The number of nitrogens with one attached hydrogen (secondary N) is 3. The van der Waals surface area contributed by atoms with Crippen LogP contribution < -0.4 is 30.8 Å². The van der Waals surface area contributed by atoms with Crippen molar-refractivity contribution >= 4 is 38.9 Å². The van der Waals surface area contributed by atoms with Crippen LogP contribution >= 0.6 is 0 Å². The van der Waals surface area contributed by atoms with Gasteiger partial charge in [-0.05, 0) is 43.7 Å². The van der Waals surface area contributed by atoms with Gasteiger partial charge in [0.15, 0.2) is 0 Å². The summed E-state index contributed by atoms with van der Waals surface area (Å²) < 4.78 is 71.0. The normalized spacial score (nSPS) is 15.8. The first-order valence-corrected chi connectivity index (χ1v) is 14.1. The fraction of sp³-hybridized carbons (Fsp3) is 0.231. The van der Waals surface area contributed by atoms with Crippen molar-refractivity contribution in [2.24, 2.45) is 0 Å². The topological polar surface area (TPSA) is 169 Å². The molecular formula is C26H26F3N9O4S. The minimum absolute atomic E-state index is 0.0720. The Morgan fingerprint density at radius 3 is 2.53 bits per heavy atom. The molecule has 3 aromatic heterocycles. The zero-order valence-electron chi connectivity index (χ0n) is 22.9. The number of benzene rings is 1. The minimum atomic E-state index is -5.79. The number of fused-ring (bicyclic) bond motifs is 1. The molecule has 43 heavy (non-hydrogen) atoms.